The highest BCUT2D eigenvalue weighted by atomic mass is 16.7. The molecule has 7 heteroatoms. The van der Waals surface area contributed by atoms with Crippen molar-refractivity contribution >= 4 is 12.8 Å². The zero-order valence-corrected chi connectivity index (χ0v) is 12.1. The van der Waals surface area contributed by atoms with Gasteiger partial charge in [-0.2, -0.15) is 0 Å². The molecule has 6 nitrogen and oxygen atoms in total. The summed E-state index contributed by atoms with van der Waals surface area (Å²) in [5, 5.41) is 10.8. The average Bonchev–Trinajstić information content (AvgIpc) is 2.57. The molecule has 20 heavy (non-hydrogen) atoms. The molecule has 0 bridgehead atoms. The van der Waals surface area contributed by atoms with Gasteiger partial charge in [-0.15, -0.1) is 0 Å². The maximum absolute atomic E-state index is 10.8. The number of hydrogen-bond donors (Lipinski definition) is 1. The molecule has 1 heterocycles. The van der Waals surface area contributed by atoms with Gasteiger partial charge >= 0.3 is 7.12 Å². The second-order valence-corrected chi connectivity index (χ2v) is 6.00. The Balaban J connectivity index is 2.23. The largest absolute Gasteiger partial charge is 0.480 e. The fraction of sp³-hybridized carbons (Fsp3) is 0.538. The summed E-state index contributed by atoms with van der Waals surface area (Å²) < 4.78 is 11.7. The van der Waals surface area contributed by atoms with Crippen LogP contribution < -0.4 is 5.73 Å². The van der Waals surface area contributed by atoms with Crippen LogP contribution >= 0.6 is 0 Å². The van der Waals surface area contributed by atoms with Crippen LogP contribution in [0, 0.1) is 10.1 Å². The summed E-state index contributed by atoms with van der Waals surface area (Å²) in [6.07, 6.45) is 0. The highest BCUT2D eigenvalue weighted by molar-refractivity contribution is 6.47. The first-order valence-electron chi connectivity index (χ1n) is 6.50. The van der Waals surface area contributed by atoms with Gasteiger partial charge in [0.25, 0.3) is 5.69 Å². The SMILES string of the molecule is CC1(C)OB([C@@H](N)c2cccc([N+](=O)[O-])c2)OC1(C)C. The summed E-state index contributed by atoms with van der Waals surface area (Å²) in [7, 11) is -0.623. The summed E-state index contributed by atoms with van der Waals surface area (Å²) in [4.78, 5) is 10.4. The number of non-ortho nitro benzene ring substituents is 1. The molecule has 1 fully saturated rings. The maximum Gasteiger partial charge on any atom is 0.480 e. The van der Waals surface area contributed by atoms with Crippen molar-refractivity contribution in [1.82, 2.24) is 0 Å². The van der Waals surface area contributed by atoms with E-state index in [1.165, 1.54) is 12.1 Å². The van der Waals surface area contributed by atoms with Gasteiger partial charge in [0, 0.05) is 12.1 Å². The van der Waals surface area contributed by atoms with Crippen molar-refractivity contribution in [2.24, 2.45) is 5.73 Å². The van der Waals surface area contributed by atoms with Crippen LogP contribution in [0.25, 0.3) is 0 Å². The number of hydrogen-bond acceptors (Lipinski definition) is 5. The Morgan fingerprint density at radius 1 is 1.25 bits per heavy atom. The third kappa shape index (κ3) is 2.56. The molecule has 1 saturated heterocycles. The smallest absolute Gasteiger partial charge is 0.402 e. The summed E-state index contributed by atoms with van der Waals surface area (Å²) in [5.41, 5.74) is 5.82. The highest BCUT2D eigenvalue weighted by Gasteiger charge is 2.53. The first-order chi connectivity index (χ1) is 9.14. The molecule has 2 N–H and O–H groups in total. The zero-order chi connectivity index (χ0) is 15.1. The number of nitro groups is 1. The van der Waals surface area contributed by atoms with E-state index in [4.69, 9.17) is 15.0 Å². The molecule has 1 atom stereocenters. The maximum atomic E-state index is 10.8. The minimum atomic E-state index is -0.623. The van der Waals surface area contributed by atoms with Crippen molar-refractivity contribution in [3.05, 3.63) is 39.9 Å². The number of rotatable bonds is 3. The van der Waals surface area contributed by atoms with E-state index in [2.05, 4.69) is 0 Å². The van der Waals surface area contributed by atoms with Gasteiger partial charge in [-0.25, -0.2) is 0 Å². The van der Waals surface area contributed by atoms with Gasteiger partial charge in [0.05, 0.1) is 22.1 Å². The van der Waals surface area contributed by atoms with Gasteiger partial charge in [-0.3, -0.25) is 10.1 Å². The van der Waals surface area contributed by atoms with Crippen LogP contribution in [0.5, 0.6) is 0 Å². The van der Waals surface area contributed by atoms with Crippen molar-refractivity contribution in [1.29, 1.82) is 0 Å². The summed E-state index contributed by atoms with van der Waals surface area (Å²) in [6.45, 7) is 7.75. The number of nitro benzene ring substituents is 1. The molecule has 1 aromatic rings. The normalized spacial score (nSPS) is 21.8. The van der Waals surface area contributed by atoms with E-state index in [0.29, 0.717) is 5.56 Å². The lowest BCUT2D eigenvalue weighted by atomic mass is 9.75. The summed E-state index contributed by atoms with van der Waals surface area (Å²) in [5.74, 6) is -0.573. The molecule has 0 unspecified atom stereocenters. The van der Waals surface area contributed by atoms with E-state index in [1.54, 1.807) is 12.1 Å². The molecule has 1 aliphatic rings. The van der Waals surface area contributed by atoms with E-state index < -0.39 is 29.2 Å². The monoisotopic (exact) mass is 278 g/mol. The van der Waals surface area contributed by atoms with E-state index in [9.17, 15) is 10.1 Å². The van der Waals surface area contributed by atoms with Gasteiger partial charge in [-0.05, 0) is 33.3 Å². The first kappa shape index (κ1) is 15.0. The van der Waals surface area contributed by atoms with Crippen LogP contribution in [0.3, 0.4) is 0 Å². The van der Waals surface area contributed by atoms with Crippen LogP contribution in [-0.2, 0) is 9.31 Å². The third-order valence-electron chi connectivity index (χ3n) is 4.03. The van der Waals surface area contributed by atoms with E-state index in [1.807, 2.05) is 27.7 Å². The topological polar surface area (TPSA) is 87.6 Å². The quantitative estimate of drug-likeness (QED) is 0.520. The molecule has 0 saturated carbocycles. The van der Waals surface area contributed by atoms with Crippen LogP contribution in [-0.4, -0.2) is 23.2 Å². The van der Waals surface area contributed by atoms with Gasteiger partial charge in [0.2, 0.25) is 0 Å². The Bertz CT molecular complexity index is 517. The summed E-state index contributed by atoms with van der Waals surface area (Å²) >= 11 is 0. The minimum absolute atomic E-state index is 0.00877. The van der Waals surface area contributed by atoms with Gasteiger partial charge in [0.1, 0.15) is 0 Å². The fourth-order valence-electron chi connectivity index (χ4n) is 2.04. The second-order valence-electron chi connectivity index (χ2n) is 6.00. The highest BCUT2D eigenvalue weighted by Crippen LogP contribution is 2.39. The molecule has 0 amide bonds. The lowest BCUT2D eigenvalue weighted by Gasteiger charge is -2.32. The molecule has 0 aliphatic carbocycles. The van der Waals surface area contributed by atoms with Crippen molar-refractivity contribution in [2.75, 3.05) is 0 Å². The number of benzene rings is 1. The third-order valence-corrected chi connectivity index (χ3v) is 4.03. The predicted molar refractivity (Wildman–Crippen MR) is 76.1 cm³/mol. The van der Waals surface area contributed by atoms with Gasteiger partial charge < -0.3 is 15.0 Å². The first-order valence-corrected chi connectivity index (χ1v) is 6.50. The molecular weight excluding hydrogens is 259 g/mol. The second kappa shape index (κ2) is 4.84. The molecule has 0 aromatic heterocycles. The number of nitrogens with zero attached hydrogens (tertiary/aromatic N) is 1. The molecule has 1 aromatic carbocycles. The Hall–Kier alpha value is -1.44. The molecule has 108 valence electrons. The molecule has 1 aliphatic heterocycles. The van der Waals surface area contributed by atoms with Crippen molar-refractivity contribution in [2.45, 2.75) is 44.8 Å². The predicted octanol–water partition coefficient (Wildman–Crippen LogP) is 2.23. The lowest BCUT2D eigenvalue weighted by molar-refractivity contribution is -0.384. The van der Waals surface area contributed by atoms with Crippen molar-refractivity contribution < 1.29 is 14.2 Å². The minimum Gasteiger partial charge on any atom is -0.402 e. The van der Waals surface area contributed by atoms with Gasteiger partial charge in [0.15, 0.2) is 0 Å². The molecule has 2 rings (SSSR count). The van der Waals surface area contributed by atoms with Crippen LogP contribution in [0.1, 0.15) is 39.2 Å². The molecule has 0 radical (unpaired) electrons. The standard InChI is InChI=1S/C13H19BN2O4/c1-12(2)13(3,4)20-14(19-12)11(15)9-6-5-7-10(8-9)16(17)18/h5-8,11H,15H2,1-4H3/t11-/m0/s1. The number of nitrogens with two attached hydrogens (primary N) is 1. The Labute approximate surface area is 118 Å². The Morgan fingerprint density at radius 3 is 2.30 bits per heavy atom. The van der Waals surface area contributed by atoms with E-state index in [0.717, 1.165) is 0 Å². The average molecular weight is 278 g/mol. The van der Waals surface area contributed by atoms with Crippen LogP contribution in [0.4, 0.5) is 5.69 Å². The van der Waals surface area contributed by atoms with Crippen LogP contribution in [0.15, 0.2) is 24.3 Å². The molecular formula is C13H19BN2O4. The summed E-state index contributed by atoms with van der Waals surface area (Å²) in [6, 6.07) is 6.23. The van der Waals surface area contributed by atoms with Gasteiger partial charge in [-0.1, -0.05) is 12.1 Å². The fourth-order valence-corrected chi connectivity index (χ4v) is 2.04. The Kier molecular flexibility index (Phi) is 3.62. The van der Waals surface area contributed by atoms with E-state index >= 15 is 0 Å². The van der Waals surface area contributed by atoms with Crippen molar-refractivity contribution in [3.8, 4) is 0 Å². The van der Waals surface area contributed by atoms with E-state index in [-0.39, 0.29) is 5.69 Å². The molecule has 0 spiro atoms. The Morgan fingerprint density at radius 2 is 1.80 bits per heavy atom. The lowest BCUT2D eigenvalue weighted by Crippen LogP contribution is -2.41. The zero-order valence-electron chi connectivity index (χ0n) is 12.1. The van der Waals surface area contributed by atoms with Crippen LogP contribution in [0.2, 0.25) is 0 Å². The van der Waals surface area contributed by atoms with Crippen molar-refractivity contribution in [3.63, 3.8) is 0 Å².